The third kappa shape index (κ3) is 3.66. The van der Waals surface area contributed by atoms with Crippen molar-refractivity contribution in [1.82, 2.24) is 5.32 Å². The number of nitrogens with one attached hydrogen (secondary N) is 1. The van der Waals surface area contributed by atoms with Gasteiger partial charge in [0, 0.05) is 11.4 Å². The minimum Gasteiger partial charge on any atom is -0.479 e. The Balaban J connectivity index is 1.54. The summed E-state index contributed by atoms with van der Waals surface area (Å²) in [6.07, 6.45) is -1.16. The van der Waals surface area contributed by atoms with Crippen LogP contribution in [0.4, 0.5) is 0 Å². The Hall–Kier alpha value is -2.18. The van der Waals surface area contributed by atoms with Crippen LogP contribution >= 0.6 is 11.3 Å². The van der Waals surface area contributed by atoms with Crippen LogP contribution in [0.1, 0.15) is 18.9 Å². The molecule has 1 aromatic carbocycles. The number of hydrogen-bond donors (Lipinski definition) is 2. The quantitative estimate of drug-likeness (QED) is 0.874. The van der Waals surface area contributed by atoms with E-state index in [4.69, 9.17) is 9.84 Å². The number of carboxylic acid groups (broad SMARTS) is 1. The van der Waals surface area contributed by atoms with Crippen molar-refractivity contribution in [2.75, 3.05) is 0 Å². The molecule has 3 atom stereocenters. The number of hydrogen-bond acceptors (Lipinski definition) is 4. The highest BCUT2D eigenvalue weighted by molar-refractivity contribution is 7.13. The molecule has 6 heteroatoms. The maximum absolute atomic E-state index is 12.2. The summed E-state index contributed by atoms with van der Waals surface area (Å²) in [5, 5.41) is 13.9. The summed E-state index contributed by atoms with van der Waals surface area (Å²) in [5.74, 6) is -1.43. The Morgan fingerprint density at radius 1 is 1.29 bits per heavy atom. The Bertz CT molecular complexity index is 711. The lowest BCUT2D eigenvalue weighted by Crippen LogP contribution is -2.35. The number of carboxylic acids is 1. The fourth-order valence-electron chi connectivity index (χ4n) is 2.83. The van der Waals surface area contributed by atoms with E-state index in [9.17, 15) is 9.59 Å². The smallest absolute Gasteiger partial charge is 0.333 e. The minimum absolute atomic E-state index is 0.164. The molecule has 1 aliphatic heterocycles. The predicted octanol–water partition coefficient (Wildman–Crippen LogP) is 2.91. The van der Waals surface area contributed by atoms with E-state index in [-0.39, 0.29) is 11.8 Å². The number of thiophene rings is 1. The zero-order valence-corrected chi connectivity index (χ0v) is 14.1. The molecule has 3 rings (SSSR count). The van der Waals surface area contributed by atoms with Crippen LogP contribution in [-0.2, 0) is 20.9 Å². The van der Waals surface area contributed by atoms with Gasteiger partial charge >= 0.3 is 5.97 Å². The van der Waals surface area contributed by atoms with Crippen molar-refractivity contribution < 1.29 is 19.4 Å². The van der Waals surface area contributed by atoms with Crippen molar-refractivity contribution in [2.45, 2.75) is 32.1 Å². The third-order valence-corrected chi connectivity index (χ3v) is 5.09. The summed E-state index contributed by atoms with van der Waals surface area (Å²) in [4.78, 5) is 24.4. The highest BCUT2D eigenvalue weighted by atomic mass is 32.1. The molecular formula is C18H19NO4S. The first-order valence-corrected chi connectivity index (χ1v) is 8.71. The van der Waals surface area contributed by atoms with Gasteiger partial charge in [-0.25, -0.2) is 4.79 Å². The summed E-state index contributed by atoms with van der Waals surface area (Å²) < 4.78 is 5.34. The average Bonchev–Trinajstić information content (AvgIpc) is 3.22. The topological polar surface area (TPSA) is 75.6 Å². The van der Waals surface area contributed by atoms with Crippen molar-refractivity contribution in [3.8, 4) is 10.4 Å². The standard InChI is InChI=1S/C18H19NO4S/c1-11-9-14(23-16(11)18(21)22)17(20)19-10-12-4-6-13(7-5-12)15-3-2-8-24-15/h2-8,11,14,16H,9-10H2,1H3,(H,19,20)(H,21,22)/t11-,14-,16-/m1/s1. The molecular weight excluding hydrogens is 326 g/mol. The molecule has 2 N–H and O–H groups in total. The number of ether oxygens (including phenoxy) is 1. The molecule has 2 aromatic rings. The van der Waals surface area contributed by atoms with Crippen LogP contribution in [-0.4, -0.2) is 29.2 Å². The second-order valence-electron chi connectivity index (χ2n) is 5.99. The number of aliphatic carboxylic acids is 1. The molecule has 126 valence electrons. The highest BCUT2D eigenvalue weighted by Crippen LogP contribution is 2.27. The lowest BCUT2D eigenvalue weighted by molar-refractivity contribution is -0.153. The van der Waals surface area contributed by atoms with Crippen molar-refractivity contribution in [3.05, 3.63) is 47.3 Å². The Kier molecular flexibility index (Phi) is 4.97. The maximum atomic E-state index is 12.2. The first kappa shape index (κ1) is 16.7. The molecule has 5 nitrogen and oxygen atoms in total. The molecule has 0 saturated carbocycles. The fourth-order valence-corrected chi connectivity index (χ4v) is 3.56. The van der Waals surface area contributed by atoms with E-state index in [0.29, 0.717) is 13.0 Å². The predicted molar refractivity (Wildman–Crippen MR) is 91.7 cm³/mol. The van der Waals surface area contributed by atoms with Gasteiger partial charge in [-0.1, -0.05) is 37.3 Å². The first-order valence-electron chi connectivity index (χ1n) is 7.83. The summed E-state index contributed by atoms with van der Waals surface area (Å²) in [7, 11) is 0. The molecule has 2 heterocycles. The monoisotopic (exact) mass is 345 g/mol. The van der Waals surface area contributed by atoms with Gasteiger partial charge in [-0.05, 0) is 34.9 Å². The average molecular weight is 345 g/mol. The molecule has 1 aliphatic rings. The maximum Gasteiger partial charge on any atom is 0.333 e. The van der Waals surface area contributed by atoms with Gasteiger partial charge in [-0.15, -0.1) is 11.3 Å². The molecule has 0 bridgehead atoms. The molecule has 1 saturated heterocycles. The van der Waals surface area contributed by atoms with Gasteiger partial charge in [-0.2, -0.15) is 0 Å². The van der Waals surface area contributed by atoms with Crippen LogP contribution < -0.4 is 5.32 Å². The number of amides is 1. The number of carbonyl (C=O) groups excluding carboxylic acids is 1. The number of carbonyl (C=O) groups is 2. The van der Waals surface area contributed by atoms with Crippen LogP contribution in [0, 0.1) is 5.92 Å². The lowest BCUT2D eigenvalue weighted by atomic mass is 10.0. The summed E-state index contributed by atoms with van der Waals surface area (Å²) in [6.45, 7) is 2.19. The third-order valence-electron chi connectivity index (χ3n) is 4.18. The van der Waals surface area contributed by atoms with Crippen molar-refractivity contribution in [1.29, 1.82) is 0 Å². The van der Waals surface area contributed by atoms with Crippen LogP contribution in [0.5, 0.6) is 0 Å². The van der Waals surface area contributed by atoms with Gasteiger partial charge in [0.05, 0.1) is 0 Å². The van der Waals surface area contributed by atoms with Gasteiger partial charge in [0.15, 0.2) is 6.10 Å². The first-order chi connectivity index (χ1) is 11.5. The van der Waals surface area contributed by atoms with Gasteiger partial charge in [0.25, 0.3) is 0 Å². The van der Waals surface area contributed by atoms with E-state index < -0.39 is 18.2 Å². The van der Waals surface area contributed by atoms with Crippen molar-refractivity contribution in [3.63, 3.8) is 0 Å². The second-order valence-corrected chi connectivity index (χ2v) is 6.94. The molecule has 0 aliphatic carbocycles. The molecule has 1 amide bonds. The highest BCUT2D eigenvalue weighted by Gasteiger charge is 2.40. The van der Waals surface area contributed by atoms with Crippen LogP contribution in [0.15, 0.2) is 41.8 Å². The van der Waals surface area contributed by atoms with Gasteiger partial charge in [-0.3, -0.25) is 4.79 Å². The van der Waals surface area contributed by atoms with Crippen LogP contribution in [0.3, 0.4) is 0 Å². The van der Waals surface area contributed by atoms with Crippen molar-refractivity contribution >= 4 is 23.2 Å². The minimum atomic E-state index is -1.01. The molecule has 24 heavy (non-hydrogen) atoms. The molecule has 0 unspecified atom stereocenters. The summed E-state index contributed by atoms with van der Waals surface area (Å²) in [5.41, 5.74) is 2.14. The van der Waals surface area contributed by atoms with E-state index in [0.717, 1.165) is 11.1 Å². The lowest BCUT2D eigenvalue weighted by Gasteiger charge is -2.12. The van der Waals surface area contributed by atoms with Crippen LogP contribution in [0.2, 0.25) is 0 Å². The molecule has 0 spiro atoms. The fraction of sp³-hybridized carbons (Fsp3) is 0.333. The Morgan fingerprint density at radius 2 is 2.04 bits per heavy atom. The molecule has 1 aromatic heterocycles. The number of rotatable bonds is 5. The van der Waals surface area contributed by atoms with Gasteiger partial charge in [0.2, 0.25) is 5.91 Å². The normalized spacial score (nSPS) is 23.1. The van der Waals surface area contributed by atoms with Crippen LogP contribution in [0.25, 0.3) is 10.4 Å². The van der Waals surface area contributed by atoms with Crippen molar-refractivity contribution in [2.24, 2.45) is 5.92 Å². The Morgan fingerprint density at radius 3 is 2.62 bits per heavy atom. The van der Waals surface area contributed by atoms with E-state index in [2.05, 4.69) is 11.4 Å². The largest absolute Gasteiger partial charge is 0.479 e. The molecule has 0 radical (unpaired) electrons. The van der Waals surface area contributed by atoms with Gasteiger partial charge < -0.3 is 15.2 Å². The van der Waals surface area contributed by atoms with E-state index in [1.54, 1.807) is 18.3 Å². The summed E-state index contributed by atoms with van der Waals surface area (Å²) >= 11 is 1.69. The van der Waals surface area contributed by atoms with Gasteiger partial charge in [0.1, 0.15) is 6.10 Å². The zero-order chi connectivity index (χ0) is 17.1. The van der Waals surface area contributed by atoms with E-state index in [1.807, 2.05) is 35.7 Å². The zero-order valence-electron chi connectivity index (χ0n) is 13.3. The Labute approximate surface area is 144 Å². The molecule has 1 fully saturated rings. The SMILES string of the molecule is C[C@@H]1C[C@H](C(=O)NCc2ccc(-c3cccs3)cc2)O[C@H]1C(=O)O. The number of benzene rings is 1. The van der Waals surface area contributed by atoms with E-state index >= 15 is 0 Å². The summed E-state index contributed by atoms with van der Waals surface area (Å²) in [6, 6.07) is 12.1. The second kappa shape index (κ2) is 7.15. The van der Waals surface area contributed by atoms with E-state index in [1.165, 1.54) is 4.88 Å².